The van der Waals surface area contributed by atoms with Gasteiger partial charge in [0, 0.05) is 19.7 Å². The summed E-state index contributed by atoms with van der Waals surface area (Å²) in [5, 5.41) is 3.27. The first-order chi connectivity index (χ1) is 8.16. The summed E-state index contributed by atoms with van der Waals surface area (Å²) in [4.78, 5) is 14.1. The summed E-state index contributed by atoms with van der Waals surface area (Å²) in [5.41, 5.74) is 0. The van der Waals surface area contributed by atoms with Crippen molar-refractivity contribution in [2.24, 2.45) is 5.92 Å². The average Bonchev–Trinajstić information content (AvgIpc) is 2.97. The summed E-state index contributed by atoms with van der Waals surface area (Å²) in [5.74, 6) is 0.842. The Bertz CT molecular complexity index is 268. The number of ether oxygens (including phenoxy) is 1. The minimum absolute atomic E-state index is 0. The van der Waals surface area contributed by atoms with Crippen molar-refractivity contribution in [2.45, 2.75) is 45.3 Å². The number of hydrogen-bond donors (Lipinski definition) is 1. The molecule has 5 heteroatoms. The first-order valence-electron chi connectivity index (χ1n) is 6.80. The highest BCUT2D eigenvalue weighted by atomic mass is 35.5. The molecule has 0 aromatic rings. The van der Waals surface area contributed by atoms with E-state index >= 15 is 0 Å². The second-order valence-electron chi connectivity index (χ2n) is 5.57. The summed E-state index contributed by atoms with van der Waals surface area (Å²) in [6.07, 6.45) is 3.36. The summed E-state index contributed by atoms with van der Waals surface area (Å²) in [6, 6.07) is 0.0684. The van der Waals surface area contributed by atoms with Crippen LogP contribution in [-0.4, -0.2) is 49.2 Å². The van der Waals surface area contributed by atoms with Gasteiger partial charge in [-0.3, -0.25) is 4.79 Å². The van der Waals surface area contributed by atoms with Crippen LogP contribution < -0.4 is 5.32 Å². The average molecular weight is 277 g/mol. The summed E-state index contributed by atoms with van der Waals surface area (Å²) in [7, 11) is 0. The maximum Gasteiger partial charge on any atom is 0.239 e. The van der Waals surface area contributed by atoms with Crippen LogP contribution >= 0.6 is 12.4 Å². The van der Waals surface area contributed by atoms with Gasteiger partial charge in [-0.1, -0.05) is 13.8 Å². The highest BCUT2D eigenvalue weighted by Crippen LogP contribution is 2.17. The van der Waals surface area contributed by atoms with Gasteiger partial charge in [0.2, 0.25) is 5.91 Å². The third kappa shape index (κ3) is 4.11. The van der Waals surface area contributed by atoms with Crippen LogP contribution in [0.25, 0.3) is 0 Å². The Morgan fingerprint density at radius 1 is 1.44 bits per heavy atom. The number of likely N-dealkylation sites (tertiary alicyclic amines) is 1. The van der Waals surface area contributed by atoms with Gasteiger partial charge in [0.25, 0.3) is 0 Å². The molecule has 2 heterocycles. The van der Waals surface area contributed by atoms with Crippen molar-refractivity contribution in [1.82, 2.24) is 10.2 Å². The van der Waals surface area contributed by atoms with Crippen molar-refractivity contribution in [1.29, 1.82) is 0 Å². The first-order valence-corrected chi connectivity index (χ1v) is 6.80. The van der Waals surface area contributed by atoms with E-state index in [9.17, 15) is 4.79 Å². The van der Waals surface area contributed by atoms with E-state index in [2.05, 4.69) is 19.2 Å². The number of amides is 1. The molecule has 2 atom stereocenters. The molecule has 0 aliphatic carbocycles. The molecule has 0 aromatic heterocycles. The van der Waals surface area contributed by atoms with Crippen LogP contribution in [0.2, 0.25) is 0 Å². The van der Waals surface area contributed by atoms with Gasteiger partial charge in [0.05, 0.1) is 12.1 Å². The Labute approximate surface area is 116 Å². The third-order valence-corrected chi connectivity index (χ3v) is 3.48. The van der Waals surface area contributed by atoms with Crippen molar-refractivity contribution in [3.8, 4) is 0 Å². The Morgan fingerprint density at radius 3 is 2.83 bits per heavy atom. The highest BCUT2D eigenvalue weighted by Gasteiger charge is 2.32. The lowest BCUT2D eigenvalue weighted by molar-refractivity contribution is -0.132. The molecule has 106 valence electrons. The highest BCUT2D eigenvalue weighted by molar-refractivity contribution is 5.85. The zero-order chi connectivity index (χ0) is 12.3. The van der Waals surface area contributed by atoms with Crippen LogP contribution in [0, 0.1) is 5.92 Å². The lowest BCUT2D eigenvalue weighted by atomic mass is 10.2. The largest absolute Gasteiger partial charge is 0.376 e. The first kappa shape index (κ1) is 15.7. The Balaban J connectivity index is 0.00000162. The molecule has 1 N–H and O–H groups in total. The number of carbonyl (C=O) groups is 1. The predicted octanol–water partition coefficient (Wildman–Crippen LogP) is 1.43. The van der Waals surface area contributed by atoms with E-state index in [0.29, 0.717) is 5.92 Å². The lowest BCUT2D eigenvalue weighted by Gasteiger charge is -2.21. The van der Waals surface area contributed by atoms with Gasteiger partial charge in [0.15, 0.2) is 0 Å². The number of nitrogens with zero attached hydrogens (tertiary/aromatic N) is 1. The molecule has 0 aromatic carbocycles. The molecule has 2 fully saturated rings. The van der Waals surface area contributed by atoms with E-state index in [1.807, 2.05) is 4.90 Å². The maximum atomic E-state index is 12.1. The van der Waals surface area contributed by atoms with Crippen molar-refractivity contribution < 1.29 is 9.53 Å². The molecular formula is C13H25ClN2O2. The summed E-state index contributed by atoms with van der Waals surface area (Å²) in [6.45, 7) is 7.73. The van der Waals surface area contributed by atoms with E-state index in [1.165, 1.54) is 0 Å². The topological polar surface area (TPSA) is 41.6 Å². The Morgan fingerprint density at radius 2 is 2.22 bits per heavy atom. The van der Waals surface area contributed by atoms with Crippen LogP contribution in [-0.2, 0) is 9.53 Å². The molecular weight excluding hydrogens is 252 g/mol. The molecule has 0 saturated carbocycles. The van der Waals surface area contributed by atoms with Gasteiger partial charge in [-0.2, -0.15) is 0 Å². The number of halogens is 1. The quantitative estimate of drug-likeness (QED) is 0.845. The van der Waals surface area contributed by atoms with E-state index < -0.39 is 0 Å². The second kappa shape index (κ2) is 7.31. The molecule has 18 heavy (non-hydrogen) atoms. The van der Waals surface area contributed by atoms with Crippen molar-refractivity contribution in [3.05, 3.63) is 0 Å². The number of carbonyl (C=O) groups excluding carboxylic acids is 1. The van der Waals surface area contributed by atoms with E-state index in [0.717, 1.165) is 45.5 Å². The van der Waals surface area contributed by atoms with Gasteiger partial charge in [0.1, 0.15) is 0 Å². The van der Waals surface area contributed by atoms with Crippen LogP contribution in [0.15, 0.2) is 0 Å². The zero-order valence-electron chi connectivity index (χ0n) is 11.4. The second-order valence-corrected chi connectivity index (χ2v) is 5.57. The number of rotatable bonds is 4. The molecule has 2 aliphatic heterocycles. The maximum absolute atomic E-state index is 12.1. The SMILES string of the molecule is CC(C)COC1CCN(C(=O)C2CCCN2)C1.Cl. The fourth-order valence-corrected chi connectivity index (χ4v) is 2.51. The van der Waals surface area contributed by atoms with Crippen LogP contribution in [0.4, 0.5) is 0 Å². The fraction of sp³-hybridized carbons (Fsp3) is 0.923. The molecule has 2 aliphatic rings. The van der Waals surface area contributed by atoms with Crippen LogP contribution in [0.1, 0.15) is 33.1 Å². The third-order valence-electron chi connectivity index (χ3n) is 3.48. The molecule has 0 radical (unpaired) electrons. The molecule has 2 rings (SSSR count). The normalized spacial score (nSPS) is 27.6. The minimum Gasteiger partial charge on any atom is -0.376 e. The van der Waals surface area contributed by atoms with Gasteiger partial charge >= 0.3 is 0 Å². The van der Waals surface area contributed by atoms with Crippen molar-refractivity contribution in [2.75, 3.05) is 26.2 Å². The number of nitrogens with one attached hydrogen (secondary N) is 1. The van der Waals surface area contributed by atoms with E-state index in [4.69, 9.17) is 4.74 Å². The smallest absolute Gasteiger partial charge is 0.239 e. The monoisotopic (exact) mass is 276 g/mol. The van der Waals surface area contributed by atoms with E-state index in [1.54, 1.807) is 0 Å². The molecule has 0 spiro atoms. The summed E-state index contributed by atoms with van der Waals surface area (Å²) >= 11 is 0. The standard InChI is InChI=1S/C13H24N2O2.ClH/c1-10(2)9-17-11-5-7-15(8-11)13(16)12-4-3-6-14-12;/h10-12,14H,3-9H2,1-2H3;1H. The van der Waals surface area contributed by atoms with Gasteiger partial charge < -0.3 is 15.0 Å². The summed E-state index contributed by atoms with van der Waals surface area (Å²) < 4.78 is 5.79. The molecule has 2 saturated heterocycles. The number of hydrogen-bond acceptors (Lipinski definition) is 3. The molecule has 0 bridgehead atoms. The minimum atomic E-state index is 0. The van der Waals surface area contributed by atoms with E-state index in [-0.39, 0.29) is 30.5 Å². The Hall–Kier alpha value is -0.320. The van der Waals surface area contributed by atoms with Gasteiger partial charge in [-0.05, 0) is 31.7 Å². The van der Waals surface area contributed by atoms with Crippen molar-refractivity contribution >= 4 is 18.3 Å². The fourth-order valence-electron chi connectivity index (χ4n) is 2.51. The van der Waals surface area contributed by atoms with Gasteiger partial charge in [-0.15, -0.1) is 12.4 Å². The van der Waals surface area contributed by atoms with Gasteiger partial charge in [-0.25, -0.2) is 0 Å². The Kier molecular flexibility index (Phi) is 6.39. The van der Waals surface area contributed by atoms with Crippen LogP contribution in [0.5, 0.6) is 0 Å². The lowest BCUT2D eigenvalue weighted by Crippen LogP contribution is -2.42. The molecule has 1 amide bonds. The predicted molar refractivity (Wildman–Crippen MR) is 74.0 cm³/mol. The zero-order valence-corrected chi connectivity index (χ0v) is 12.2. The molecule has 2 unspecified atom stereocenters. The molecule has 4 nitrogen and oxygen atoms in total. The van der Waals surface area contributed by atoms with Crippen LogP contribution in [0.3, 0.4) is 0 Å². The van der Waals surface area contributed by atoms with Crippen molar-refractivity contribution in [3.63, 3.8) is 0 Å².